The fourth-order valence-electron chi connectivity index (χ4n) is 4.98. The maximum Gasteiger partial charge on any atom is 0.305 e. The molecule has 0 saturated carbocycles. The summed E-state index contributed by atoms with van der Waals surface area (Å²) >= 11 is 0. The minimum Gasteiger partial charge on any atom is -0.481 e. The Morgan fingerprint density at radius 1 is 0.806 bits per heavy atom. The van der Waals surface area contributed by atoms with Crippen molar-refractivity contribution in [1.29, 1.82) is 0 Å². The average Bonchev–Trinajstić information content (AvgIpc) is 2.49. The van der Waals surface area contributed by atoms with Gasteiger partial charge in [0.1, 0.15) is 6.10 Å². The van der Waals surface area contributed by atoms with Crippen LogP contribution in [0.4, 0.5) is 0 Å². The molecule has 2 fully saturated rings. The molecule has 0 unspecified atom stereocenters. The number of carbonyl (C=O) groups excluding carboxylic acids is 1. The molecule has 0 aromatic rings. The standard InChI is InChI=1S/C12H23NO2.C9H20N2.C3H6O2/c1-6-10(14)15-9-7-11(2,3)13-12(4,5)8-9;1-8(2)5-7(10)6-9(3,4)11-8;1-2-3(4)5/h9,13H,6-8H2,1-5H3;7,11H,5-6,10H2,1-4H3;2H2,1H3,(H,4,5). The quantitative estimate of drug-likeness (QED) is 0.488. The second kappa shape index (κ2) is 11.6. The Kier molecular flexibility index (Phi) is 11.2. The minimum absolute atomic E-state index is 0.0421. The van der Waals surface area contributed by atoms with Crippen LogP contribution in [0.1, 0.15) is 108 Å². The molecule has 0 aromatic carbocycles. The van der Waals surface area contributed by atoms with E-state index in [2.05, 4.69) is 66.0 Å². The van der Waals surface area contributed by atoms with Gasteiger partial charge < -0.3 is 26.2 Å². The third-order valence-corrected chi connectivity index (χ3v) is 5.26. The molecule has 7 heteroatoms. The maximum atomic E-state index is 11.3. The molecule has 0 atom stereocenters. The molecule has 2 aliphatic rings. The molecular formula is C24H49N3O4. The molecule has 0 amide bonds. The summed E-state index contributed by atoms with van der Waals surface area (Å²) < 4.78 is 5.43. The number of nitrogens with two attached hydrogens (primary N) is 1. The first kappa shape index (κ1) is 29.8. The lowest BCUT2D eigenvalue weighted by molar-refractivity contribution is -0.152. The first-order chi connectivity index (χ1) is 13.8. The van der Waals surface area contributed by atoms with Crippen molar-refractivity contribution in [2.24, 2.45) is 5.73 Å². The Morgan fingerprint density at radius 3 is 1.39 bits per heavy atom. The van der Waals surface area contributed by atoms with Crippen LogP contribution in [0.2, 0.25) is 0 Å². The van der Waals surface area contributed by atoms with Gasteiger partial charge >= 0.3 is 11.9 Å². The topological polar surface area (TPSA) is 114 Å². The van der Waals surface area contributed by atoms with Gasteiger partial charge in [-0.05, 0) is 68.2 Å². The molecule has 2 heterocycles. The van der Waals surface area contributed by atoms with Crippen LogP contribution in [0.25, 0.3) is 0 Å². The first-order valence-electron chi connectivity index (χ1n) is 11.6. The Labute approximate surface area is 190 Å². The summed E-state index contributed by atoms with van der Waals surface area (Å²) in [7, 11) is 0. The molecule has 184 valence electrons. The summed E-state index contributed by atoms with van der Waals surface area (Å²) in [4.78, 5) is 20.6. The third-order valence-electron chi connectivity index (χ3n) is 5.26. The normalized spacial score (nSPS) is 24.0. The Bertz CT molecular complexity index is 553. The molecule has 2 saturated heterocycles. The SMILES string of the molecule is CC1(C)CC(N)CC(C)(C)N1.CCC(=O)O.CCC(=O)OC1CC(C)(C)NC(C)(C)C1. The van der Waals surface area contributed by atoms with Crippen molar-refractivity contribution in [3.63, 3.8) is 0 Å². The van der Waals surface area contributed by atoms with Crippen LogP contribution >= 0.6 is 0 Å². The van der Waals surface area contributed by atoms with Crippen LogP contribution in [-0.4, -0.2) is 51.3 Å². The smallest absolute Gasteiger partial charge is 0.305 e. The van der Waals surface area contributed by atoms with Gasteiger partial charge in [0, 0.05) is 53.9 Å². The van der Waals surface area contributed by atoms with Gasteiger partial charge in [-0.25, -0.2) is 0 Å². The van der Waals surface area contributed by atoms with Crippen LogP contribution < -0.4 is 16.4 Å². The highest BCUT2D eigenvalue weighted by Gasteiger charge is 2.39. The van der Waals surface area contributed by atoms with Gasteiger partial charge in [-0.3, -0.25) is 9.59 Å². The number of rotatable bonds is 3. The highest BCUT2D eigenvalue weighted by Crippen LogP contribution is 2.30. The molecule has 7 nitrogen and oxygen atoms in total. The van der Waals surface area contributed by atoms with E-state index in [-0.39, 0.29) is 40.6 Å². The lowest BCUT2D eigenvalue weighted by atomic mass is 9.80. The number of nitrogens with one attached hydrogen (secondary N) is 2. The van der Waals surface area contributed by atoms with Crippen molar-refractivity contribution in [1.82, 2.24) is 10.6 Å². The number of piperidine rings is 2. The van der Waals surface area contributed by atoms with Crippen LogP contribution in [0.3, 0.4) is 0 Å². The van der Waals surface area contributed by atoms with Crippen molar-refractivity contribution < 1.29 is 19.4 Å². The molecule has 0 radical (unpaired) electrons. The Hall–Kier alpha value is -1.18. The lowest BCUT2D eigenvalue weighted by Crippen LogP contribution is -2.60. The van der Waals surface area contributed by atoms with Crippen molar-refractivity contribution >= 4 is 11.9 Å². The van der Waals surface area contributed by atoms with Crippen LogP contribution in [0, 0.1) is 0 Å². The van der Waals surface area contributed by atoms with E-state index in [0.29, 0.717) is 12.5 Å². The number of carboxylic acids is 1. The summed E-state index contributed by atoms with van der Waals surface area (Å²) in [5, 5.41) is 14.9. The monoisotopic (exact) mass is 443 g/mol. The van der Waals surface area contributed by atoms with E-state index >= 15 is 0 Å². The Balaban J connectivity index is 0.000000492. The average molecular weight is 444 g/mol. The highest BCUT2D eigenvalue weighted by molar-refractivity contribution is 5.69. The Morgan fingerprint density at radius 2 is 1.13 bits per heavy atom. The minimum atomic E-state index is -0.745. The molecule has 5 N–H and O–H groups in total. The molecule has 2 rings (SSSR count). The van der Waals surface area contributed by atoms with E-state index in [4.69, 9.17) is 15.6 Å². The van der Waals surface area contributed by atoms with Crippen LogP contribution in [0.5, 0.6) is 0 Å². The maximum absolute atomic E-state index is 11.3. The zero-order valence-corrected chi connectivity index (χ0v) is 21.6. The van der Waals surface area contributed by atoms with Crippen molar-refractivity contribution in [2.45, 2.75) is 142 Å². The molecule has 0 aliphatic carbocycles. The fraction of sp³-hybridized carbons (Fsp3) is 0.917. The largest absolute Gasteiger partial charge is 0.481 e. The molecule has 31 heavy (non-hydrogen) atoms. The summed E-state index contributed by atoms with van der Waals surface area (Å²) in [6, 6.07) is 0.362. The summed E-state index contributed by atoms with van der Waals surface area (Å²) in [6.07, 6.45) is 4.69. The zero-order valence-electron chi connectivity index (χ0n) is 21.6. The second-order valence-electron chi connectivity index (χ2n) is 11.6. The number of hydrogen-bond donors (Lipinski definition) is 4. The van der Waals surface area contributed by atoms with Gasteiger partial charge in [0.05, 0.1) is 0 Å². The number of hydrogen-bond acceptors (Lipinski definition) is 6. The van der Waals surface area contributed by atoms with Crippen molar-refractivity contribution in [2.75, 3.05) is 0 Å². The number of carboxylic acid groups (broad SMARTS) is 1. The van der Waals surface area contributed by atoms with Gasteiger partial charge in [0.15, 0.2) is 0 Å². The zero-order chi connectivity index (χ0) is 24.7. The van der Waals surface area contributed by atoms with E-state index in [9.17, 15) is 9.59 Å². The number of esters is 1. The molecule has 0 spiro atoms. The highest BCUT2D eigenvalue weighted by atomic mass is 16.5. The van der Waals surface area contributed by atoms with Crippen molar-refractivity contribution in [3.8, 4) is 0 Å². The van der Waals surface area contributed by atoms with E-state index in [1.165, 1.54) is 0 Å². The van der Waals surface area contributed by atoms with E-state index in [1.807, 2.05) is 6.92 Å². The third kappa shape index (κ3) is 13.8. The molecule has 0 aromatic heterocycles. The van der Waals surface area contributed by atoms with Gasteiger partial charge in [-0.1, -0.05) is 13.8 Å². The number of aliphatic carboxylic acids is 1. The van der Waals surface area contributed by atoms with Gasteiger partial charge in [0.2, 0.25) is 0 Å². The predicted octanol–water partition coefficient (Wildman–Crippen LogP) is 3.98. The van der Waals surface area contributed by atoms with E-state index in [0.717, 1.165) is 25.7 Å². The first-order valence-corrected chi connectivity index (χ1v) is 11.6. The van der Waals surface area contributed by atoms with E-state index in [1.54, 1.807) is 6.92 Å². The van der Waals surface area contributed by atoms with Crippen LogP contribution in [0.15, 0.2) is 0 Å². The summed E-state index contributed by atoms with van der Waals surface area (Å²) in [5.41, 5.74) is 6.45. The summed E-state index contributed by atoms with van der Waals surface area (Å²) in [5.74, 6) is -0.835. The fourth-order valence-corrected chi connectivity index (χ4v) is 4.98. The summed E-state index contributed by atoms with van der Waals surface area (Å²) in [6.45, 7) is 20.9. The van der Waals surface area contributed by atoms with Gasteiger partial charge in [-0.15, -0.1) is 0 Å². The lowest BCUT2D eigenvalue weighted by Gasteiger charge is -2.45. The van der Waals surface area contributed by atoms with Gasteiger partial charge in [-0.2, -0.15) is 0 Å². The number of carbonyl (C=O) groups is 2. The van der Waals surface area contributed by atoms with Crippen LogP contribution in [-0.2, 0) is 14.3 Å². The molecular weight excluding hydrogens is 394 g/mol. The van der Waals surface area contributed by atoms with Crippen molar-refractivity contribution in [3.05, 3.63) is 0 Å². The number of ether oxygens (including phenoxy) is 1. The predicted molar refractivity (Wildman–Crippen MR) is 127 cm³/mol. The van der Waals surface area contributed by atoms with Gasteiger partial charge in [0.25, 0.3) is 0 Å². The molecule has 0 bridgehead atoms. The molecule has 2 aliphatic heterocycles. The second-order valence-corrected chi connectivity index (χ2v) is 11.6. The van der Waals surface area contributed by atoms with E-state index < -0.39 is 5.97 Å².